The molecule has 0 aromatic carbocycles. The van der Waals surface area contributed by atoms with Gasteiger partial charge in [-0.2, -0.15) is 0 Å². The van der Waals surface area contributed by atoms with Crippen LogP contribution in [0.4, 0.5) is 0 Å². The standard InChI is InChI=1S/C11H13ClN2O/c1-7(2)10-9(6-15)14-5-3-4-8(12)11(14)13-10/h3-5,7,15H,6H2,1-2H3. The van der Waals surface area contributed by atoms with Gasteiger partial charge in [0, 0.05) is 6.20 Å². The van der Waals surface area contributed by atoms with Gasteiger partial charge in [-0.3, -0.25) is 0 Å². The van der Waals surface area contributed by atoms with Crippen LogP contribution in [0.15, 0.2) is 18.3 Å². The second kappa shape index (κ2) is 3.83. The fraction of sp³-hybridized carbons (Fsp3) is 0.364. The first kappa shape index (κ1) is 10.5. The van der Waals surface area contributed by atoms with E-state index >= 15 is 0 Å². The van der Waals surface area contributed by atoms with Crippen LogP contribution in [0, 0.1) is 0 Å². The van der Waals surface area contributed by atoms with Crippen molar-refractivity contribution < 1.29 is 5.11 Å². The number of halogens is 1. The Morgan fingerprint density at radius 3 is 2.87 bits per heavy atom. The lowest BCUT2D eigenvalue weighted by Gasteiger charge is -2.03. The first-order valence-electron chi connectivity index (χ1n) is 4.91. The average Bonchev–Trinajstić information content (AvgIpc) is 2.57. The maximum atomic E-state index is 9.34. The Kier molecular flexibility index (Phi) is 2.67. The lowest BCUT2D eigenvalue weighted by Crippen LogP contribution is -1.97. The van der Waals surface area contributed by atoms with Gasteiger partial charge in [0.2, 0.25) is 0 Å². The van der Waals surface area contributed by atoms with Crippen LogP contribution < -0.4 is 0 Å². The number of pyridine rings is 1. The highest BCUT2D eigenvalue weighted by molar-refractivity contribution is 6.33. The van der Waals surface area contributed by atoms with E-state index in [-0.39, 0.29) is 12.5 Å². The second-order valence-electron chi connectivity index (χ2n) is 3.81. The Bertz CT molecular complexity index is 491. The molecule has 1 N–H and O–H groups in total. The van der Waals surface area contributed by atoms with Gasteiger partial charge in [-0.15, -0.1) is 0 Å². The normalized spacial score (nSPS) is 11.5. The number of nitrogens with zero attached hydrogens (tertiary/aromatic N) is 2. The van der Waals surface area contributed by atoms with Gasteiger partial charge < -0.3 is 9.51 Å². The molecule has 0 amide bonds. The average molecular weight is 225 g/mol. The summed E-state index contributed by atoms with van der Waals surface area (Å²) in [5, 5.41) is 9.95. The third-order valence-electron chi connectivity index (χ3n) is 2.43. The van der Waals surface area contributed by atoms with Crippen molar-refractivity contribution in [3.8, 4) is 0 Å². The molecule has 0 radical (unpaired) electrons. The molecule has 0 aliphatic carbocycles. The zero-order valence-corrected chi connectivity index (χ0v) is 9.49. The Morgan fingerprint density at radius 1 is 1.53 bits per heavy atom. The Balaban J connectivity index is 2.78. The number of rotatable bonds is 2. The molecule has 0 fully saturated rings. The number of hydrogen-bond donors (Lipinski definition) is 1. The van der Waals surface area contributed by atoms with E-state index in [0.717, 1.165) is 11.4 Å². The summed E-state index contributed by atoms with van der Waals surface area (Å²) < 4.78 is 1.84. The molecule has 2 aromatic heterocycles. The fourth-order valence-electron chi connectivity index (χ4n) is 1.72. The summed E-state index contributed by atoms with van der Waals surface area (Å²) in [7, 11) is 0. The molecule has 3 nitrogen and oxygen atoms in total. The van der Waals surface area contributed by atoms with Crippen LogP contribution in [-0.4, -0.2) is 14.5 Å². The summed E-state index contributed by atoms with van der Waals surface area (Å²) in [4.78, 5) is 4.45. The molecule has 2 heterocycles. The largest absolute Gasteiger partial charge is 0.390 e. The quantitative estimate of drug-likeness (QED) is 0.852. The summed E-state index contributed by atoms with van der Waals surface area (Å²) >= 11 is 6.04. The second-order valence-corrected chi connectivity index (χ2v) is 4.21. The van der Waals surface area contributed by atoms with Crippen molar-refractivity contribution in [1.29, 1.82) is 0 Å². The van der Waals surface area contributed by atoms with Crippen LogP contribution in [0.25, 0.3) is 5.65 Å². The number of aliphatic hydroxyl groups is 1. The van der Waals surface area contributed by atoms with Gasteiger partial charge >= 0.3 is 0 Å². The van der Waals surface area contributed by atoms with Crippen molar-refractivity contribution >= 4 is 17.2 Å². The molecule has 0 aliphatic heterocycles. The van der Waals surface area contributed by atoms with Gasteiger partial charge in [0.1, 0.15) is 0 Å². The SMILES string of the molecule is CC(C)c1nc2c(Cl)cccn2c1CO. The van der Waals surface area contributed by atoms with Gasteiger partial charge in [-0.05, 0) is 18.1 Å². The third-order valence-corrected chi connectivity index (χ3v) is 2.72. The molecule has 15 heavy (non-hydrogen) atoms. The van der Waals surface area contributed by atoms with E-state index in [1.54, 1.807) is 6.07 Å². The molecule has 4 heteroatoms. The van der Waals surface area contributed by atoms with Crippen molar-refractivity contribution in [2.24, 2.45) is 0 Å². The monoisotopic (exact) mass is 224 g/mol. The summed E-state index contributed by atoms with van der Waals surface area (Å²) in [5.74, 6) is 0.281. The van der Waals surface area contributed by atoms with Gasteiger partial charge in [-0.1, -0.05) is 25.4 Å². The van der Waals surface area contributed by atoms with E-state index in [9.17, 15) is 5.11 Å². The highest BCUT2D eigenvalue weighted by Crippen LogP contribution is 2.24. The molecule has 0 saturated heterocycles. The van der Waals surface area contributed by atoms with Crippen LogP contribution in [0.2, 0.25) is 5.02 Å². The molecule has 0 atom stereocenters. The number of hydrogen-bond acceptors (Lipinski definition) is 2. The minimum absolute atomic E-state index is 0.0188. The van der Waals surface area contributed by atoms with Crippen molar-refractivity contribution in [3.63, 3.8) is 0 Å². The smallest absolute Gasteiger partial charge is 0.156 e. The minimum atomic E-state index is -0.0188. The molecule has 0 saturated carbocycles. The van der Waals surface area contributed by atoms with E-state index in [4.69, 9.17) is 11.6 Å². The highest BCUT2D eigenvalue weighted by atomic mass is 35.5. The zero-order valence-electron chi connectivity index (χ0n) is 8.74. The number of fused-ring (bicyclic) bond motifs is 1. The van der Waals surface area contributed by atoms with Crippen molar-refractivity contribution in [3.05, 3.63) is 34.7 Å². The lowest BCUT2D eigenvalue weighted by atomic mass is 10.1. The van der Waals surface area contributed by atoms with E-state index in [0.29, 0.717) is 10.7 Å². The van der Waals surface area contributed by atoms with E-state index < -0.39 is 0 Å². The number of aliphatic hydroxyl groups excluding tert-OH is 1. The topological polar surface area (TPSA) is 37.5 Å². The maximum absolute atomic E-state index is 9.34. The summed E-state index contributed by atoms with van der Waals surface area (Å²) in [6.07, 6.45) is 1.87. The van der Waals surface area contributed by atoms with Crippen LogP contribution in [-0.2, 0) is 6.61 Å². The van der Waals surface area contributed by atoms with Crippen molar-refractivity contribution in [1.82, 2.24) is 9.38 Å². The van der Waals surface area contributed by atoms with Gasteiger partial charge in [-0.25, -0.2) is 4.98 Å². The molecule has 80 valence electrons. The Hall–Kier alpha value is -1.06. The van der Waals surface area contributed by atoms with Crippen molar-refractivity contribution in [2.45, 2.75) is 26.4 Å². The molecule has 0 aliphatic rings. The van der Waals surface area contributed by atoms with Gasteiger partial charge in [0.25, 0.3) is 0 Å². The Morgan fingerprint density at radius 2 is 2.27 bits per heavy atom. The highest BCUT2D eigenvalue weighted by Gasteiger charge is 2.15. The van der Waals surface area contributed by atoms with Crippen LogP contribution in [0.3, 0.4) is 0 Å². The molecular formula is C11H13ClN2O. The number of aromatic nitrogens is 2. The minimum Gasteiger partial charge on any atom is -0.390 e. The van der Waals surface area contributed by atoms with Crippen molar-refractivity contribution in [2.75, 3.05) is 0 Å². The summed E-state index contributed by atoms with van der Waals surface area (Å²) in [6, 6.07) is 3.65. The molecule has 0 spiro atoms. The first-order valence-corrected chi connectivity index (χ1v) is 5.29. The summed E-state index contributed by atoms with van der Waals surface area (Å²) in [6.45, 7) is 4.08. The first-order chi connectivity index (χ1) is 7.15. The molecule has 0 bridgehead atoms. The number of imidazole rings is 1. The maximum Gasteiger partial charge on any atom is 0.156 e. The molecular weight excluding hydrogens is 212 g/mol. The van der Waals surface area contributed by atoms with Gasteiger partial charge in [0.05, 0.1) is 23.0 Å². The predicted octanol–water partition coefficient (Wildman–Crippen LogP) is 2.60. The van der Waals surface area contributed by atoms with Gasteiger partial charge in [0.15, 0.2) is 5.65 Å². The predicted molar refractivity (Wildman–Crippen MR) is 60.2 cm³/mol. The third kappa shape index (κ3) is 1.62. The van der Waals surface area contributed by atoms with Crippen LogP contribution >= 0.6 is 11.6 Å². The van der Waals surface area contributed by atoms with E-state index in [1.807, 2.05) is 16.7 Å². The van der Waals surface area contributed by atoms with Crippen LogP contribution in [0.1, 0.15) is 31.2 Å². The van der Waals surface area contributed by atoms with E-state index in [1.165, 1.54) is 0 Å². The fourth-order valence-corrected chi connectivity index (χ4v) is 1.93. The van der Waals surface area contributed by atoms with E-state index in [2.05, 4.69) is 18.8 Å². The molecule has 2 rings (SSSR count). The summed E-state index contributed by atoms with van der Waals surface area (Å²) in [5.41, 5.74) is 2.44. The zero-order chi connectivity index (χ0) is 11.0. The molecule has 2 aromatic rings. The lowest BCUT2D eigenvalue weighted by molar-refractivity contribution is 0.274. The Labute approximate surface area is 93.3 Å². The molecule has 0 unspecified atom stereocenters. The van der Waals surface area contributed by atoms with Crippen LogP contribution in [0.5, 0.6) is 0 Å².